The van der Waals surface area contributed by atoms with Crippen LogP contribution in [0, 0.1) is 0 Å². The number of nitrogens with zero attached hydrogens (tertiary/aromatic N) is 3. The van der Waals surface area contributed by atoms with Crippen LogP contribution in [-0.4, -0.2) is 74.7 Å². The highest BCUT2D eigenvalue weighted by Crippen LogP contribution is 2.42. The van der Waals surface area contributed by atoms with Crippen molar-refractivity contribution in [3.05, 3.63) is 101 Å². The number of rotatable bonds is 9. The van der Waals surface area contributed by atoms with Crippen molar-refractivity contribution < 1.29 is 13.2 Å². The van der Waals surface area contributed by atoms with Gasteiger partial charge in [-0.2, -0.15) is 0 Å². The van der Waals surface area contributed by atoms with Gasteiger partial charge in [-0.15, -0.1) is 0 Å². The Kier molecular flexibility index (Phi) is 8.66. The molecule has 1 atom stereocenters. The first-order valence-electron chi connectivity index (χ1n) is 14.1. The van der Waals surface area contributed by atoms with E-state index >= 15 is 0 Å². The third kappa shape index (κ3) is 5.84. The summed E-state index contributed by atoms with van der Waals surface area (Å²) in [6.45, 7) is 6.68. The number of carbonyl (C=O) groups is 1. The lowest BCUT2D eigenvalue weighted by molar-refractivity contribution is 0.0592. The van der Waals surface area contributed by atoms with E-state index in [0.29, 0.717) is 16.5 Å². The van der Waals surface area contributed by atoms with Crippen molar-refractivity contribution in [1.82, 2.24) is 14.1 Å². The van der Waals surface area contributed by atoms with Gasteiger partial charge in [-0.25, -0.2) is 12.7 Å². The molecule has 6 nitrogen and oxygen atoms in total. The lowest BCUT2D eigenvalue weighted by Gasteiger charge is -2.48. The van der Waals surface area contributed by atoms with Gasteiger partial charge in [0, 0.05) is 42.7 Å². The number of carbonyl (C=O) groups excluding carboxylic acids is 1. The van der Waals surface area contributed by atoms with Gasteiger partial charge in [-0.1, -0.05) is 60.1 Å². The van der Waals surface area contributed by atoms with E-state index in [0.717, 1.165) is 63.1 Å². The van der Waals surface area contributed by atoms with Crippen LogP contribution >= 0.6 is 11.6 Å². The smallest absolute Gasteiger partial charge is 0.254 e. The van der Waals surface area contributed by atoms with Gasteiger partial charge in [0.2, 0.25) is 10.0 Å². The summed E-state index contributed by atoms with van der Waals surface area (Å²) in [6, 6.07) is 24.5. The van der Waals surface area contributed by atoms with Gasteiger partial charge in [0.15, 0.2) is 0 Å². The fraction of sp³-hybridized carbons (Fsp3) is 0.406. The summed E-state index contributed by atoms with van der Waals surface area (Å²) in [5.41, 5.74) is 3.10. The molecule has 5 rings (SSSR count). The van der Waals surface area contributed by atoms with Crippen LogP contribution in [0.15, 0.2) is 83.8 Å². The number of fused-ring (bicyclic) bond motifs is 2. The summed E-state index contributed by atoms with van der Waals surface area (Å²) in [5.74, 6) is 0.145. The number of piperidine rings is 1. The van der Waals surface area contributed by atoms with E-state index in [1.165, 1.54) is 9.87 Å². The molecule has 0 aliphatic carbocycles. The summed E-state index contributed by atoms with van der Waals surface area (Å²) in [5, 5.41) is 0.655. The molecule has 0 saturated carbocycles. The Morgan fingerprint density at radius 3 is 2.38 bits per heavy atom. The Bertz CT molecular complexity index is 1440. The van der Waals surface area contributed by atoms with Gasteiger partial charge in [-0.05, 0) is 93.2 Å². The molecule has 0 aromatic heterocycles. The number of sulfonamides is 1. The first-order valence-corrected chi connectivity index (χ1v) is 15.9. The second kappa shape index (κ2) is 12.0. The molecule has 0 unspecified atom stereocenters. The number of likely N-dealkylation sites (N-methyl/N-ethyl adjacent to an activating group) is 2. The predicted octanol–water partition coefficient (Wildman–Crippen LogP) is 5.64. The molecule has 2 aliphatic rings. The average molecular weight is 580 g/mol. The van der Waals surface area contributed by atoms with Crippen LogP contribution in [0.2, 0.25) is 5.02 Å². The number of halogens is 1. The SMILES string of the molecule is CCN1CC2(CCN(CC[C@H](CN(C)S(=O)(=O)c3ccccc3)c3cccc(Cl)c3)CC2)c2ccccc2C1=O. The molecule has 2 aliphatic heterocycles. The van der Waals surface area contributed by atoms with Gasteiger partial charge in [0.1, 0.15) is 0 Å². The predicted molar refractivity (Wildman–Crippen MR) is 160 cm³/mol. The first-order chi connectivity index (χ1) is 19.2. The molecule has 1 fully saturated rings. The lowest BCUT2D eigenvalue weighted by Crippen LogP contribution is -2.54. The summed E-state index contributed by atoms with van der Waals surface area (Å²) < 4.78 is 28.0. The molecular formula is C32H38ClN3O3S. The van der Waals surface area contributed by atoms with E-state index < -0.39 is 10.0 Å². The average Bonchev–Trinajstić information content (AvgIpc) is 2.98. The van der Waals surface area contributed by atoms with Crippen LogP contribution in [-0.2, 0) is 15.4 Å². The molecule has 212 valence electrons. The van der Waals surface area contributed by atoms with Crippen molar-refractivity contribution in [2.45, 2.75) is 42.4 Å². The van der Waals surface area contributed by atoms with Crippen molar-refractivity contribution in [3.63, 3.8) is 0 Å². The second-order valence-electron chi connectivity index (χ2n) is 11.1. The standard InChI is InChI=1S/C32H38ClN3O3S/c1-3-36-24-32(30-15-8-7-14-29(30)31(36)37)17-20-35(21-18-32)19-16-26(25-10-9-11-27(33)22-25)23-34(2)40(38,39)28-12-5-4-6-13-28/h4-15,22,26H,3,16-21,23-24H2,1-2H3/t26-/m1/s1. The molecule has 3 aromatic carbocycles. The van der Waals surface area contributed by atoms with E-state index in [1.54, 1.807) is 31.3 Å². The van der Waals surface area contributed by atoms with Crippen molar-refractivity contribution >= 4 is 27.5 Å². The fourth-order valence-electron chi connectivity index (χ4n) is 6.36. The molecule has 1 spiro atoms. The van der Waals surface area contributed by atoms with Crippen LogP contribution in [0.4, 0.5) is 0 Å². The molecule has 3 aromatic rings. The van der Waals surface area contributed by atoms with Gasteiger partial charge in [0.05, 0.1) is 4.90 Å². The summed E-state index contributed by atoms with van der Waals surface area (Å²) in [4.78, 5) is 17.8. The Labute approximate surface area is 243 Å². The highest BCUT2D eigenvalue weighted by atomic mass is 35.5. The van der Waals surface area contributed by atoms with Crippen molar-refractivity contribution in [2.75, 3.05) is 46.3 Å². The number of hydrogen-bond acceptors (Lipinski definition) is 4. The van der Waals surface area contributed by atoms with Gasteiger partial charge in [0.25, 0.3) is 5.91 Å². The van der Waals surface area contributed by atoms with Crippen molar-refractivity contribution in [1.29, 1.82) is 0 Å². The van der Waals surface area contributed by atoms with E-state index in [-0.39, 0.29) is 17.2 Å². The Hall–Kier alpha value is -2.71. The minimum Gasteiger partial charge on any atom is -0.338 e. The maximum Gasteiger partial charge on any atom is 0.254 e. The van der Waals surface area contributed by atoms with E-state index in [1.807, 2.05) is 47.4 Å². The fourth-order valence-corrected chi connectivity index (χ4v) is 7.79. The van der Waals surface area contributed by atoms with E-state index in [4.69, 9.17) is 11.6 Å². The van der Waals surface area contributed by atoms with Crippen molar-refractivity contribution in [2.24, 2.45) is 0 Å². The van der Waals surface area contributed by atoms with Crippen molar-refractivity contribution in [3.8, 4) is 0 Å². The molecule has 0 bridgehead atoms. The molecule has 8 heteroatoms. The third-order valence-corrected chi connectivity index (χ3v) is 10.8. The Balaban J connectivity index is 1.29. The summed E-state index contributed by atoms with van der Waals surface area (Å²) >= 11 is 6.35. The molecule has 2 heterocycles. The lowest BCUT2D eigenvalue weighted by atomic mass is 9.68. The normalized spacial score (nSPS) is 18.2. The second-order valence-corrected chi connectivity index (χ2v) is 13.6. The largest absolute Gasteiger partial charge is 0.338 e. The van der Waals surface area contributed by atoms with Crippen LogP contribution in [0.3, 0.4) is 0 Å². The molecule has 1 saturated heterocycles. The monoisotopic (exact) mass is 579 g/mol. The number of amides is 1. The molecule has 40 heavy (non-hydrogen) atoms. The van der Waals surface area contributed by atoms with Gasteiger partial charge >= 0.3 is 0 Å². The summed E-state index contributed by atoms with van der Waals surface area (Å²) in [7, 11) is -1.94. The van der Waals surface area contributed by atoms with Gasteiger partial charge < -0.3 is 9.80 Å². The Morgan fingerprint density at radius 1 is 0.975 bits per heavy atom. The van der Waals surface area contributed by atoms with E-state index in [2.05, 4.69) is 24.0 Å². The van der Waals surface area contributed by atoms with Crippen LogP contribution in [0.25, 0.3) is 0 Å². The molecule has 0 radical (unpaired) electrons. The van der Waals surface area contributed by atoms with Crippen LogP contribution in [0.5, 0.6) is 0 Å². The number of benzene rings is 3. The van der Waals surface area contributed by atoms with Crippen LogP contribution < -0.4 is 0 Å². The molecular weight excluding hydrogens is 542 g/mol. The zero-order valence-electron chi connectivity index (χ0n) is 23.3. The number of likely N-dealkylation sites (tertiary alicyclic amines) is 1. The zero-order valence-corrected chi connectivity index (χ0v) is 24.9. The zero-order chi connectivity index (χ0) is 28.3. The highest BCUT2D eigenvalue weighted by molar-refractivity contribution is 7.89. The first kappa shape index (κ1) is 28.8. The molecule has 1 amide bonds. The summed E-state index contributed by atoms with van der Waals surface area (Å²) in [6.07, 6.45) is 2.81. The number of hydrogen-bond donors (Lipinski definition) is 0. The van der Waals surface area contributed by atoms with Gasteiger partial charge in [-0.3, -0.25) is 4.79 Å². The highest BCUT2D eigenvalue weighted by Gasteiger charge is 2.44. The minimum absolute atomic E-state index is 0.00156. The third-order valence-electron chi connectivity index (χ3n) is 8.75. The minimum atomic E-state index is -3.60. The van der Waals surface area contributed by atoms with Crippen LogP contribution in [0.1, 0.15) is 53.6 Å². The topological polar surface area (TPSA) is 60.9 Å². The maximum atomic E-state index is 13.3. The maximum absolute atomic E-state index is 13.3. The Morgan fingerprint density at radius 2 is 1.68 bits per heavy atom. The molecule has 0 N–H and O–H groups in total. The van der Waals surface area contributed by atoms with E-state index in [9.17, 15) is 13.2 Å². The quantitative estimate of drug-likeness (QED) is 0.329.